The lowest BCUT2D eigenvalue weighted by Gasteiger charge is -2.34. The Morgan fingerprint density at radius 3 is 3.04 bits per heavy atom. The highest BCUT2D eigenvalue weighted by molar-refractivity contribution is 7.12. The number of aromatic nitrogens is 3. The summed E-state index contributed by atoms with van der Waals surface area (Å²) in [5.74, 6) is 0.0422. The van der Waals surface area contributed by atoms with E-state index in [9.17, 15) is 4.79 Å². The zero-order valence-electron chi connectivity index (χ0n) is 13.3. The van der Waals surface area contributed by atoms with Crippen LogP contribution < -0.4 is 0 Å². The molecular weight excluding hydrogens is 343 g/mol. The number of likely N-dealkylation sites (tertiary alicyclic amines) is 1. The molecule has 0 bridgehead atoms. The first-order valence-corrected chi connectivity index (χ1v) is 8.80. The minimum Gasteiger partial charge on any atom is -0.335 e. The second kappa shape index (κ2) is 6.36. The normalized spacial score (nSPS) is 20.6. The molecule has 128 valence electrons. The van der Waals surface area contributed by atoms with Crippen molar-refractivity contribution >= 4 is 17.2 Å². The van der Waals surface area contributed by atoms with Crippen molar-refractivity contribution in [3.8, 4) is 11.4 Å². The molecule has 0 saturated carbocycles. The summed E-state index contributed by atoms with van der Waals surface area (Å²) >= 11 is 1.35. The molecule has 4 heterocycles. The number of amides is 1. The summed E-state index contributed by atoms with van der Waals surface area (Å²) in [6.07, 6.45) is 4.01. The summed E-state index contributed by atoms with van der Waals surface area (Å²) in [7, 11) is 0. The summed E-state index contributed by atoms with van der Waals surface area (Å²) in [6.45, 7) is 0.435. The molecule has 8 heteroatoms. The van der Waals surface area contributed by atoms with E-state index in [1.165, 1.54) is 16.2 Å². The zero-order chi connectivity index (χ0) is 17.3. The average molecular weight is 358 g/mol. The predicted octanol–water partition coefficient (Wildman–Crippen LogP) is 3.29. The number of hydrogen-bond donors (Lipinski definition) is 0. The fourth-order valence-electron chi connectivity index (χ4n) is 2.93. The van der Waals surface area contributed by atoms with Crippen LogP contribution in [0.2, 0.25) is 0 Å². The number of carbonyl (C=O) groups is 1. The van der Waals surface area contributed by atoms with Gasteiger partial charge in [-0.25, -0.2) is 4.39 Å². The molecule has 6 nitrogen and oxygen atoms in total. The largest absolute Gasteiger partial charge is 0.335 e. The van der Waals surface area contributed by atoms with Crippen molar-refractivity contribution in [3.05, 3.63) is 52.8 Å². The molecule has 0 aliphatic carbocycles. The van der Waals surface area contributed by atoms with E-state index < -0.39 is 5.67 Å². The summed E-state index contributed by atoms with van der Waals surface area (Å²) in [5.41, 5.74) is -1.18. The Balaban J connectivity index is 1.57. The van der Waals surface area contributed by atoms with E-state index in [-0.39, 0.29) is 24.8 Å². The van der Waals surface area contributed by atoms with Crippen LogP contribution in [0.25, 0.3) is 11.4 Å². The van der Waals surface area contributed by atoms with Gasteiger partial charge in [0.15, 0.2) is 0 Å². The summed E-state index contributed by atoms with van der Waals surface area (Å²) < 4.78 is 20.7. The highest BCUT2D eigenvalue weighted by Crippen LogP contribution is 2.36. The number of hydrogen-bond acceptors (Lipinski definition) is 6. The maximum Gasteiger partial charge on any atom is 0.266 e. The number of rotatable bonds is 3. The fraction of sp³-hybridized carbons (Fsp3) is 0.294. The SMILES string of the molecule is O=C(c1cccs1)N1CCCC(F)(c2nc(-c3cccnc3)no2)C1. The van der Waals surface area contributed by atoms with E-state index in [0.29, 0.717) is 29.2 Å². The number of nitrogens with zero attached hydrogens (tertiary/aromatic N) is 4. The predicted molar refractivity (Wildman–Crippen MR) is 89.8 cm³/mol. The van der Waals surface area contributed by atoms with Crippen LogP contribution in [-0.4, -0.2) is 39.0 Å². The Hall–Kier alpha value is -2.61. The van der Waals surface area contributed by atoms with Gasteiger partial charge in [-0.05, 0) is 36.4 Å². The molecule has 0 N–H and O–H groups in total. The van der Waals surface area contributed by atoms with E-state index in [0.717, 1.165) is 0 Å². The number of halogens is 1. The number of piperidine rings is 1. The summed E-state index contributed by atoms with van der Waals surface area (Å²) in [4.78, 5) is 22.8. The molecular formula is C17H15FN4O2S. The van der Waals surface area contributed by atoms with Crippen LogP contribution in [0.1, 0.15) is 28.4 Å². The van der Waals surface area contributed by atoms with E-state index in [1.807, 2.05) is 11.4 Å². The van der Waals surface area contributed by atoms with Gasteiger partial charge in [0.1, 0.15) is 0 Å². The first-order chi connectivity index (χ1) is 12.2. The van der Waals surface area contributed by atoms with Crippen molar-refractivity contribution in [2.75, 3.05) is 13.1 Å². The third-order valence-electron chi connectivity index (χ3n) is 4.19. The van der Waals surface area contributed by atoms with Gasteiger partial charge in [0, 0.05) is 24.5 Å². The quantitative estimate of drug-likeness (QED) is 0.718. The van der Waals surface area contributed by atoms with Crippen LogP contribution in [0.15, 0.2) is 46.6 Å². The Kier molecular flexibility index (Phi) is 4.04. The van der Waals surface area contributed by atoms with Gasteiger partial charge in [-0.1, -0.05) is 11.2 Å². The van der Waals surface area contributed by atoms with Crippen molar-refractivity contribution < 1.29 is 13.7 Å². The Bertz CT molecular complexity index is 868. The molecule has 1 aliphatic rings. The standard InChI is InChI=1S/C17H15FN4O2S/c18-17(16-20-14(21-24-16)12-4-1-7-19-10-12)6-3-8-22(11-17)15(23)13-5-2-9-25-13/h1-2,4-5,7,9-10H,3,6,8,11H2. The van der Waals surface area contributed by atoms with Gasteiger partial charge in [0.2, 0.25) is 11.5 Å². The van der Waals surface area contributed by atoms with Gasteiger partial charge >= 0.3 is 0 Å². The monoisotopic (exact) mass is 358 g/mol. The number of alkyl halides is 1. The fourth-order valence-corrected chi connectivity index (χ4v) is 3.62. The van der Waals surface area contributed by atoms with Crippen molar-refractivity contribution in [1.29, 1.82) is 0 Å². The molecule has 1 saturated heterocycles. The third kappa shape index (κ3) is 3.05. The molecule has 0 aromatic carbocycles. The van der Waals surface area contributed by atoms with Crippen molar-refractivity contribution in [2.24, 2.45) is 0 Å². The highest BCUT2D eigenvalue weighted by atomic mass is 32.1. The highest BCUT2D eigenvalue weighted by Gasteiger charge is 2.44. The molecule has 1 fully saturated rings. The van der Waals surface area contributed by atoms with Crippen LogP contribution in [0.5, 0.6) is 0 Å². The lowest BCUT2D eigenvalue weighted by atomic mass is 9.94. The Labute approximate surface area is 147 Å². The molecule has 0 radical (unpaired) electrons. The number of carbonyl (C=O) groups excluding carboxylic acids is 1. The van der Waals surface area contributed by atoms with Gasteiger partial charge in [-0.15, -0.1) is 11.3 Å². The van der Waals surface area contributed by atoms with Crippen LogP contribution in [0, 0.1) is 0 Å². The van der Waals surface area contributed by atoms with E-state index >= 15 is 4.39 Å². The van der Waals surface area contributed by atoms with E-state index in [4.69, 9.17) is 4.52 Å². The lowest BCUT2D eigenvalue weighted by Crippen LogP contribution is -2.46. The minimum absolute atomic E-state index is 0.0849. The van der Waals surface area contributed by atoms with Crippen LogP contribution in [0.4, 0.5) is 4.39 Å². The Morgan fingerprint density at radius 1 is 1.36 bits per heavy atom. The molecule has 3 aromatic rings. The lowest BCUT2D eigenvalue weighted by molar-refractivity contribution is 0.0155. The summed E-state index contributed by atoms with van der Waals surface area (Å²) in [5, 5.41) is 5.69. The maximum atomic E-state index is 15.5. The van der Waals surface area contributed by atoms with Crippen molar-refractivity contribution in [3.63, 3.8) is 0 Å². The smallest absolute Gasteiger partial charge is 0.266 e. The van der Waals surface area contributed by atoms with Gasteiger partial charge in [-0.2, -0.15) is 4.98 Å². The first-order valence-electron chi connectivity index (χ1n) is 7.92. The second-order valence-corrected chi connectivity index (χ2v) is 6.89. The van der Waals surface area contributed by atoms with Crippen LogP contribution in [0.3, 0.4) is 0 Å². The Morgan fingerprint density at radius 2 is 2.28 bits per heavy atom. The molecule has 1 unspecified atom stereocenters. The molecule has 1 amide bonds. The van der Waals surface area contributed by atoms with Gasteiger partial charge in [0.05, 0.1) is 11.4 Å². The number of pyridine rings is 1. The molecule has 1 aliphatic heterocycles. The topological polar surface area (TPSA) is 72.1 Å². The average Bonchev–Trinajstić information content (AvgIpc) is 3.34. The van der Waals surface area contributed by atoms with Gasteiger partial charge in [-0.3, -0.25) is 9.78 Å². The summed E-state index contributed by atoms with van der Waals surface area (Å²) in [6, 6.07) is 7.08. The molecule has 4 rings (SSSR count). The minimum atomic E-state index is -1.83. The van der Waals surface area contributed by atoms with Crippen LogP contribution >= 0.6 is 11.3 Å². The third-order valence-corrected chi connectivity index (χ3v) is 5.05. The molecule has 1 atom stereocenters. The number of thiophene rings is 1. The zero-order valence-corrected chi connectivity index (χ0v) is 14.1. The van der Waals surface area contributed by atoms with Gasteiger partial charge < -0.3 is 9.42 Å². The maximum absolute atomic E-state index is 15.5. The molecule has 3 aromatic heterocycles. The van der Waals surface area contributed by atoms with E-state index in [1.54, 1.807) is 30.6 Å². The van der Waals surface area contributed by atoms with Crippen molar-refractivity contribution in [2.45, 2.75) is 18.5 Å². The van der Waals surface area contributed by atoms with E-state index in [2.05, 4.69) is 15.1 Å². The first kappa shape index (κ1) is 15.9. The van der Waals surface area contributed by atoms with Crippen LogP contribution in [-0.2, 0) is 5.67 Å². The molecule has 0 spiro atoms. The van der Waals surface area contributed by atoms with Crippen molar-refractivity contribution in [1.82, 2.24) is 20.0 Å². The van der Waals surface area contributed by atoms with Gasteiger partial charge in [0.25, 0.3) is 11.8 Å². The molecule has 25 heavy (non-hydrogen) atoms. The second-order valence-electron chi connectivity index (χ2n) is 5.94.